The van der Waals surface area contributed by atoms with Gasteiger partial charge in [-0.3, -0.25) is 4.79 Å². The maximum atomic E-state index is 11.7. The second kappa shape index (κ2) is 5.75. The van der Waals surface area contributed by atoms with Crippen LogP contribution in [0.1, 0.15) is 16.2 Å². The Bertz CT molecular complexity index is 501. The lowest BCUT2D eigenvalue weighted by molar-refractivity contribution is 0.0949. The molecule has 0 bridgehead atoms. The molecule has 1 amide bonds. The van der Waals surface area contributed by atoms with Gasteiger partial charge in [-0.1, -0.05) is 17.7 Å². The van der Waals surface area contributed by atoms with Crippen LogP contribution in [-0.2, 0) is 6.42 Å². The van der Waals surface area contributed by atoms with Crippen LogP contribution in [0.4, 0.5) is 0 Å². The lowest BCUT2D eigenvalue weighted by Gasteiger charge is -2.03. The number of nitrogens with zero attached hydrogens (tertiary/aromatic N) is 2. The first-order valence-corrected chi connectivity index (χ1v) is 6.35. The Morgan fingerprint density at radius 1 is 1.47 bits per heavy atom. The van der Waals surface area contributed by atoms with Gasteiger partial charge in [0, 0.05) is 18.3 Å². The summed E-state index contributed by atoms with van der Waals surface area (Å²) < 4.78 is 0. The molecule has 2 rings (SSSR count). The highest BCUT2D eigenvalue weighted by Crippen LogP contribution is 2.05. The number of amides is 1. The van der Waals surface area contributed by atoms with Gasteiger partial charge in [0.25, 0.3) is 5.91 Å². The summed E-state index contributed by atoms with van der Waals surface area (Å²) in [5.74, 6) is -0.220. The molecule has 88 valence electrons. The minimum absolute atomic E-state index is 0.220. The Kier molecular flexibility index (Phi) is 4.06. The standard InChI is InChI=1S/C11H10ClN3OS/c12-10-3-1-2-9(15-10)11(16)13-5-4-8-6-17-7-14-8/h1-3,6-7H,4-5H2,(H,13,16). The number of thiazole rings is 1. The Labute approximate surface area is 108 Å². The molecule has 0 aliphatic rings. The summed E-state index contributed by atoms with van der Waals surface area (Å²) >= 11 is 7.25. The number of hydrogen-bond acceptors (Lipinski definition) is 4. The quantitative estimate of drug-likeness (QED) is 0.864. The van der Waals surface area contributed by atoms with Crippen molar-refractivity contribution in [1.29, 1.82) is 0 Å². The van der Waals surface area contributed by atoms with Crippen molar-refractivity contribution in [2.45, 2.75) is 6.42 Å². The monoisotopic (exact) mass is 267 g/mol. The summed E-state index contributed by atoms with van der Waals surface area (Å²) in [6.07, 6.45) is 0.718. The number of halogens is 1. The molecule has 0 atom stereocenters. The van der Waals surface area contributed by atoms with Crippen LogP contribution in [0.15, 0.2) is 29.1 Å². The molecule has 17 heavy (non-hydrogen) atoms. The molecule has 0 aromatic carbocycles. The minimum Gasteiger partial charge on any atom is -0.350 e. The van der Waals surface area contributed by atoms with Gasteiger partial charge in [0.2, 0.25) is 0 Å². The average molecular weight is 268 g/mol. The second-order valence-electron chi connectivity index (χ2n) is 3.33. The highest BCUT2D eigenvalue weighted by atomic mass is 35.5. The van der Waals surface area contributed by atoms with E-state index in [4.69, 9.17) is 11.6 Å². The van der Waals surface area contributed by atoms with E-state index in [2.05, 4.69) is 15.3 Å². The van der Waals surface area contributed by atoms with Gasteiger partial charge in [-0.15, -0.1) is 11.3 Å². The van der Waals surface area contributed by atoms with E-state index in [0.29, 0.717) is 17.4 Å². The third-order valence-electron chi connectivity index (χ3n) is 2.10. The van der Waals surface area contributed by atoms with E-state index in [1.807, 2.05) is 5.38 Å². The molecule has 0 aliphatic heterocycles. The molecule has 0 fully saturated rings. The van der Waals surface area contributed by atoms with Crippen LogP contribution >= 0.6 is 22.9 Å². The first-order valence-electron chi connectivity index (χ1n) is 5.03. The molecule has 1 N–H and O–H groups in total. The van der Waals surface area contributed by atoms with Crippen LogP contribution in [0.2, 0.25) is 5.15 Å². The predicted octanol–water partition coefficient (Wildman–Crippen LogP) is 2.16. The van der Waals surface area contributed by atoms with E-state index in [9.17, 15) is 4.79 Å². The van der Waals surface area contributed by atoms with Gasteiger partial charge in [-0.25, -0.2) is 9.97 Å². The van der Waals surface area contributed by atoms with Gasteiger partial charge in [0.05, 0.1) is 11.2 Å². The van der Waals surface area contributed by atoms with Crippen molar-refractivity contribution in [3.8, 4) is 0 Å². The molecule has 0 saturated heterocycles. The Morgan fingerprint density at radius 2 is 2.35 bits per heavy atom. The molecule has 0 aliphatic carbocycles. The second-order valence-corrected chi connectivity index (χ2v) is 4.44. The largest absolute Gasteiger partial charge is 0.350 e. The lowest BCUT2D eigenvalue weighted by atomic mass is 10.3. The van der Waals surface area contributed by atoms with Gasteiger partial charge in [-0.05, 0) is 12.1 Å². The fourth-order valence-corrected chi connectivity index (χ4v) is 2.05. The van der Waals surface area contributed by atoms with Crippen LogP contribution in [0.5, 0.6) is 0 Å². The predicted molar refractivity (Wildman–Crippen MR) is 67.4 cm³/mol. The van der Waals surface area contributed by atoms with Crippen molar-refractivity contribution in [3.63, 3.8) is 0 Å². The van der Waals surface area contributed by atoms with Crippen LogP contribution in [-0.4, -0.2) is 22.4 Å². The summed E-state index contributed by atoms with van der Waals surface area (Å²) in [5.41, 5.74) is 3.08. The number of aromatic nitrogens is 2. The summed E-state index contributed by atoms with van der Waals surface area (Å²) in [4.78, 5) is 19.7. The van der Waals surface area contributed by atoms with Gasteiger partial charge in [0.1, 0.15) is 10.8 Å². The first kappa shape index (κ1) is 12.0. The number of rotatable bonds is 4. The van der Waals surface area contributed by atoms with Gasteiger partial charge in [0.15, 0.2) is 0 Å². The number of carbonyl (C=O) groups excluding carboxylic acids is 1. The first-order chi connectivity index (χ1) is 8.25. The van der Waals surface area contributed by atoms with E-state index in [1.165, 1.54) is 0 Å². The molecular weight excluding hydrogens is 258 g/mol. The zero-order valence-electron chi connectivity index (χ0n) is 8.89. The van der Waals surface area contributed by atoms with Crippen molar-refractivity contribution < 1.29 is 4.79 Å². The normalized spacial score (nSPS) is 10.2. The maximum absolute atomic E-state index is 11.7. The van der Waals surface area contributed by atoms with E-state index < -0.39 is 0 Å². The van der Waals surface area contributed by atoms with E-state index in [0.717, 1.165) is 12.1 Å². The van der Waals surface area contributed by atoms with Crippen molar-refractivity contribution in [2.75, 3.05) is 6.54 Å². The van der Waals surface area contributed by atoms with E-state index in [-0.39, 0.29) is 5.91 Å². The van der Waals surface area contributed by atoms with Crippen LogP contribution < -0.4 is 5.32 Å². The SMILES string of the molecule is O=C(NCCc1cscn1)c1cccc(Cl)n1. The number of pyridine rings is 1. The van der Waals surface area contributed by atoms with Crippen molar-refractivity contribution in [3.05, 3.63) is 45.6 Å². The maximum Gasteiger partial charge on any atom is 0.269 e. The third kappa shape index (κ3) is 3.51. The fourth-order valence-electron chi connectivity index (χ4n) is 1.29. The number of hydrogen-bond donors (Lipinski definition) is 1. The van der Waals surface area contributed by atoms with Gasteiger partial charge >= 0.3 is 0 Å². The Morgan fingerprint density at radius 3 is 3.06 bits per heavy atom. The molecule has 0 radical (unpaired) electrons. The highest BCUT2D eigenvalue weighted by molar-refractivity contribution is 7.07. The van der Waals surface area contributed by atoms with Crippen molar-refractivity contribution in [1.82, 2.24) is 15.3 Å². The molecule has 6 heteroatoms. The molecule has 2 heterocycles. The average Bonchev–Trinajstić information content (AvgIpc) is 2.82. The summed E-state index contributed by atoms with van der Waals surface area (Å²) in [7, 11) is 0. The van der Waals surface area contributed by atoms with Crippen molar-refractivity contribution in [2.24, 2.45) is 0 Å². The van der Waals surface area contributed by atoms with Gasteiger partial charge < -0.3 is 5.32 Å². The summed E-state index contributed by atoms with van der Waals surface area (Å²) in [6, 6.07) is 4.96. The number of carbonyl (C=O) groups is 1. The zero-order chi connectivity index (χ0) is 12.1. The van der Waals surface area contributed by atoms with Crippen LogP contribution in [0.3, 0.4) is 0 Å². The molecule has 0 saturated carbocycles. The molecule has 2 aromatic rings. The molecular formula is C11H10ClN3OS. The highest BCUT2D eigenvalue weighted by Gasteiger charge is 2.06. The topological polar surface area (TPSA) is 54.9 Å². The molecule has 0 unspecified atom stereocenters. The minimum atomic E-state index is -0.220. The summed E-state index contributed by atoms with van der Waals surface area (Å²) in [5, 5.41) is 5.05. The smallest absolute Gasteiger partial charge is 0.269 e. The lowest BCUT2D eigenvalue weighted by Crippen LogP contribution is -2.26. The van der Waals surface area contributed by atoms with Crippen LogP contribution in [0.25, 0.3) is 0 Å². The third-order valence-corrected chi connectivity index (χ3v) is 2.94. The van der Waals surface area contributed by atoms with E-state index >= 15 is 0 Å². The Hall–Kier alpha value is -1.46. The van der Waals surface area contributed by atoms with Crippen molar-refractivity contribution >= 4 is 28.8 Å². The summed E-state index contributed by atoms with van der Waals surface area (Å²) in [6.45, 7) is 0.538. The zero-order valence-corrected chi connectivity index (χ0v) is 10.5. The molecule has 0 spiro atoms. The molecule has 2 aromatic heterocycles. The molecule has 4 nitrogen and oxygen atoms in total. The Balaban J connectivity index is 1.85. The number of nitrogens with one attached hydrogen (secondary N) is 1. The van der Waals surface area contributed by atoms with Gasteiger partial charge in [-0.2, -0.15) is 0 Å². The van der Waals surface area contributed by atoms with Crippen LogP contribution in [0, 0.1) is 0 Å². The fraction of sp³-hybridized carbons (Fsp3) is 0.182. The van der Waals surface area contributed by atoms with E-state index in [1.54, 1.807) is 35.0 Å².